The topological polar surface area (TPSA) is 47.6 Å². The van der Waals surface area contributed by atoms with Crippen LogP contribution in [-0.4, -0.2) is 32.3 Å². The van der Waals surface area contributed by atoms with E-state index in [-0.39, 0.29) is 6.61 Å². The number of alkyl halides is 3. The summed E-state index contributed by atoms with van der Waals surface area (Å²) < 4.78 is 46.8. The first-order chi connectivity index (χ1) is 9.93. The normalized spacial score (nSPS) is 11.4. The van der Waals surface area contributed by atoms with Crippen LogP contribution in [0.4, 0.5) is 13.2 Å². The van der Waals surface area contributed by atoms with E-state index < -0.39 is 17.7 Å². The molecule has 1 aromatic carbocycles. The molecule has 0 saturated heterocycles. The molecule has 0 bridgehead atoms. The average molecular weight is 305 g/mol. The van der Waals surface area contributed by atoms with Crippen molar-refractivity contribution in [3.8, 4) is 0 Å². The molecule has 0 heterocycles. The monoisotopic (exact) mass is 305 g/mol. The van der Waals surface area contributed by atoms with Crippen LogP contribution in [0.3, 0.4) is 0 Å². The Hall–Kier alpha value is -1.60. The molecule has 0 aliphatic carbocycles. The predicted molar refractivity (Wildman–Crippen MR) is 70.6 cm³/mol. The van der Waals surface area contributed by atoms with E-state index in [2.05, 4.69) is 10.1 Å². The van der Waals surface area contributed by atoms with Gasteiger partial charge in [0.2, 0.25) is 0 Å². The predicted octanol–water partition coefficient (Wildman–Crippen LogP) is 2.37. The summed E-state index contributed by atoms with van der Waals surface area (Å²) in [6.45, 7) is 3.16. The molecule has 0 aromatic heterocycles. The van der Waals surface area contributed by atoms with Gasteiger partial charge in [-0.15, -0.1) is 0 Å². The summed E-state index contributed by atoms with van der Waals surface area (Å²) in [5.74, 6) is -0.416. The molecule has 0 atom stereocenters. The van der Waals surface area contributed by atoms with Gasteiger partial charge in [0.25, 0.3) is 0 Å². The van der Waals surface area contributed by atoms with Crippen molar-refractivity contribution in [2.75, 3.05) is 26.4 Å². The first-order valence-electron chi connectivity index (χ1n) is 6.53. The fourth-order valence-corrected chi connectivity index (χ4v) is 1.55. The van der Waals surface area contributed by atoms with E-state index in [0.29, 0.717) is 26.3 Å². The molecule has 1 rings (SSSR count). The lowest BCUT2D eigenvalue weighted by Gasteiger charge is -2.09. The third kappa shape index (κ3) is 7.10. The van der Waals surface area contributed by atoms with E-state index in [1.165, 1.54) is 12.1 Å². The molecule has 0 saturated carbocycles. The van der Waals surface area contributed by atoms with Crippen molar-refractivity contribution < 1.29 is 27.4 Å². The van der Waals surface area contributed by atoms with Crippen LogP contribution in [0.5, 0.6) is 0 Å². The van der Waals surface area contributed by atoms with Crippen LogP contribution in [0.15, 0.2) is 24.3 Å². The van der Waals surface area contributed by atoms with Crippen molar-refractivity contribution in [3.05, 3.63) is 35.4 Å². The molecule has 1 aromatic rings. The number of rotatable bonds is 8. The van der Waals surface area contributed by atoms with E-state index >= 15 is 0 Å². The number of halogens is 3. The fourth-order valence-electron chi connectivity index (χ4n) is 1.55. The van der Waals surface area contributed by atoms with Gasteiger partial charge in [-0.25, -0.2) is 4.79 Å². The van der Waals surface area contributed by atoms with Gasteiger partial charge in [0, 0.05) is 13.1 Å². The highest BCUT2D eigenvalue weighted by molar-refractivity contribution is 5.70. The van der Waals surface area contributed by atoms with E-state index in [1.54, 1.807) is 6.92 Å². The smallest absolute Gasteiger partial charge is 0.416 e. The van der Waals surface area contributed by atoms with E-state index in [0.717, 1.165) is 17.7 Å². The minimum absolute atomic E-state index is 0.101. The number of ether oxygens (including phenoxy) is 2. The summed E-state index contributed by atoms with van der Waals surface area (Å²) in [7, 11) is 0. The Morgan fingerprint density at radius 3 is 2.48 bits per heavy atom. The highest BCUT2D eigenvalue weighted by Crippen LogP contribution is 2.28. The summed E-state index contributed by atoms with van der Waals surface area (Å²) in [6, 6.07) is 4.95. The maximum Gasteiger partial charge on any atom is 0.416 e. The first kappa shape index (κ1) is 17.5. The van der Waals surface area contributed by atoms with Crippen LogP contribution in [0.25, 0.3) is 0 Å². The van der Waals surface area contributed by atoms with Crippen molar-refractivity contribution in [3.63, 3.8) is 0 Å². The maximum atomic E-state index is 12.4. The zero-order chi connectivity index (χ0) is 15.7. The molecule has 0 spiro atoms. The molecule has 0 unspecified atom stereocenters. The molecule has 0 amide bonds. The molecule has 0 aliphatic rings. The molecule has 0 aliphatic heterocycles. The fraction of sp³-hybridized carbons (Fsp3) is 0.500. The second kappa shape index (κ2) is 8.63. The second-order valence-corrected chi connectivity index (χ2v) is 4.23. The lowest BCUT2D eigenvalue weighted by molar-refractivity contribution is -0.148. The van der Waals surface area contributed by atoms with Crippen LogP contribution in [0, 0.1) is 0 Å². The maximum absolute atomic E-state index is 12.4. The van der Waals surface area contributed by atoms with Gasteiger partial charge in [-0.05, 0) is 24.6 Å². The summed E-state index contributed by atoms with van der Waals surface area (Å²) >= 11 is 0. The van der Waals surface area contributed by atoms with Crippen LogP contribution in [0.1, 0.15) is 18.1 Å². The van der Waals surface area contributed by atoms with Crippen molar-refractivity contribution in [2.45, 2.75) is 19.6 Å². The average Bonchev–Trinajstić information content (AvgIpc) is 2.42. The van der Waals surface area contributed by atoms with Crippen molar-refractivity contribution in [1.29, 1.82) is 0 Å². The summed E-state index contributed by atoms with van der Waals surface area (Å²) in [5.41, 5.74) is 0.0809. The lowest BCUT2D eigenvalue weighted by Crippen LogP contribution is -2.21. The van der Waals surface area contributed by atoms with E-state index in [4.69, 9.17) is 4.74 Å². The molecule has 4 nitrogen and oxygen atoms in total. The van der Waals surface area contributed by atoms with Gasteiger partial charge >= 0.3 is 12.1 Å². The quantitative estimate of drug-likeness (QED) is 0.592. The Kier molecular flexibility index (Phi) is 7.18. The number of carbonyl (C=O) groups excluding carboxylic acids is 1. The van der Waals surface area contributed by atoms with Gasteiger partial charge in [-0.1, -0.05) is 12.1 Å². The standard InChI is InChI=1S/C14H18F3NO3/c1-2-21-13(19)10-20-8-7-18-9-11-3-5-12(6-4-11)14(15,16)17/h3-6,18H,2,7-10H2,1H3. The van der Waals surface area contributed by atoms with Crippen molar-refractivity contribution >= 4 is 5.97 Å². The minimum Gasteiger partial charge on any atom is -0.464 e. The van der Waals surface area contributed by atoms with Crippen LogP contribution in [0.2, 0.25) is 0 Å². The van der Waals surface area contributed by atoms with Gasteiger partial charge in [0.05, 0.1) is 18.8 Å². The van der Waals surface area contributed by atoms with Gasteiger partial charge < -0.3 is 14.8 Å². The number of carbonyl (C=O) groups is 1. The molecule has 0 radical (unpaired) electrons. The van der Waals surface area contributed by atoms with Crippen LogP contribution >= 0.6 is 0 Å². The number of nitrogens with one attached hydrogen (secondary N) is 1. The van der Waals surface area contributed by atoms with E-state index in [9.17, 15) is 18.0 Å². The SMILES string of the molecule is CCOC(=O)COCCNCc1ccc(C(F)(F)F)cc1. The van der Waals surface area contributed by atoms with Gasteiger partial charge in [0.15, 0.2) is 0 Å². The highest BCUT2D eigenvalue weighted by Gasteiger charge is 2.29. The summed E-state index contributed by atoms with van der Waals surface area (Å²) in [4.78, 5) is 11.0. The Morgan fingerprint density at radius 1 is 1.24 bits per heavy atom. The first-order valence-corrected chi connectivity index (χ1v) is 6.53. The number of hydrogen-bond acceptors (Lipinski definition) is 4. The highest BCUT2D eigenvalue weighted by atomic mass is 19.4. The largest absolute Gasteiger partial charge is 0.464 e. The van der Waals surface area contributed by atoms with Gasteiger partial charge in [0.1, 0.15) is 6.61 Å². The second-order valence-electron chi connectivity index (χ2n) is 4.23. The molecular weight excluding hydrogens is 287 g/mol. The Balaban J connectivity index is 2.17. The van der Waals surface area contributed by atoms with Crippen LogP contribution < -0.4 is 5.32 Å². The summed E-state index contributed by atoms with van der Waals surface area (Å²) in [5, 5.41) is 3.01. The van der Waals surface area contributed by atoms with Gasteiger partial charge in [-0.2, -0.15) is 13.2 Å². The molecule has 0 fully saturated rings. The zero-order valence-corrected chi connectivity index (χ0v) is 11.7. The Labute approximate surface area is 121 Å². The minimum atomic E-state index is -4.31. The van der Waals surface area contributed by atoms with E-state index in [1.807, 2.05) is 0 Å². The molecule has 118 valence electrons. The molecule has 1 N–H and O–H groups in total. The Bertz CT molecular complexity index is 432. The molecule has 7 heteroatoms. The van der Waals surface area contributed by atoms with Gasteiger partial charge in [-0.3, -0.25) is 0 Å². The lowest BCUT2D eigenvalue weighted by atomic mass is 10.1. The molecule has 21 heavy (non-hydrogen) atoms. The Morgan fingerprint density at radius 2 is 1.90 bits per heavy atom. The third-order valence-corrected chi connectivity index (χ3v) is 2.56. The number of hydrogen-bond donors (Lipinski definition) is 1. The van der Waals surface area contributed by atoms with Crippen LogP contribution in [-0.2, 0) is 27.0 Å². The molecular formula is C14H18F3NO3. The zero-order valence-electron chi connectivity index (χ0n) is 11.7. The number of esters is 1. The third-order valence-electron chi connectivity index (χ3n) is 2.56. The number of benzene rings is 1. The van der Waals surface area contributed by atoms with Crippen molar-refractivity contribution in [2.24, 2.45) is 0 Å². The summed E-state index contributed by atoms with van der Waals surface area (Å²) in [6.07, 6.45) is -4.31. The van der Waals surface area contributed by atoms with Crippen molar-refractivity contribution in [1.82, 2.24) is 5.32 Å².